The third-order valence-electron chi connectivity index (χ3n) is 4.09. The third kappa shape index (κ3) is 1.93. The smallest absolute Gasteiger partial charge is 0.148 e. The highest BCUT2D eigenvalue weighted by atomic mass is 19.1. The van der Waals surface area contributed by atoms with E-state index >= 15 is 0 Å². The molecule has 5 heteroatoms. The molecule has 0 aliphatic carbocycles. The van der Waals surface area contributed by atoms with Crippen LogP contribution in [0.5, 0.6) is 0 Å². The Balaban J connectivity index is 1.91. The van der Waals surface area contributed by atoms with Crippen molar-refractivity contribution in [2.24, 2.45) is 0 Å². The SMILES string of the molecule is CCc1nnc2n1-c1c(F)cc(-c3cccnc3)cc1CC2. The number of rotatable bonds is 2. The fraction of sp³-hybridized carbons (Fsp3) is 0.235. The molecule has 22 heavy (non-hydrogen) atoms. The molecule has 1 aromatic carbocycles. The lowest BCUT2D eigenvalue weighted by atomic mass is 9.97. The molecule has 4 nitrogen and oxygen atoms in total. The summed E-state index contributed by atoms with van der Waals surface area (Å²) in [6, 6.07) is 7.43. The van der Waals surface area contributed by atoms with E-state index in [4.69, 9.17) is 0 Å². The van der Waals surface area contributed by atoms with Crippen molar-refractivity contribution < 1.29 is 4.39 Å². The van der Waals surface area contributed by atoms with Crippen molar-refractivity contribution in [3.8, 4) is 16.8 Å². The van der Waals surface area contributed by atoms with Gasteiger partial charge < -0.3 is 0 Å². The zero-order chi connectivity index (χ0) is 15.1. The highest BCUT2D eigenvalue weighted by Gasteiger charge is 2.24. The van der Waals surface area contributed by atoms with E-state index in [1.165, 1.54) is 0 Å². The zero-order valence-electron chi connectivity index (χ0n) is 12.3. The van der Waals surface area contributed by atoms with Gasteiger partial charge in [0.2, 0.25) is 0 Å². The average molecular weight is 294 g/mol. The van der Waals surface area contributed by atoms with E-state index in [-0.39, 0.29) is 5.82 Å². The Morgan fingerprint density at radius 1 is 1.18 bits per heavy atom. The van der Waals surface area contributed by atoms with E-state index in [9.17, 15) is 4.39 Å². The maximum Gasteiger partial charge on any atom is 0.148 e. The van der Waals surface area contributed by atoms with Crippen LogP contribution < -0.4 is 0 Å². The van der Waals surface area contributed by atoms with E-state index < -0.39 is 0 Å². The first-order valence-electron chi connectivity index (χ1n) is 7.44. The van der Waals surface area contributed by atoms with E-state index in [0.29, 0.717) is 5.69 Å². The number of fused-ring (bicyclic) bond motifs is 3. The summed E-state index contributed by atoms with van der Waals surface area (Å²) < 4.78 is 16.7. The Morgan fingerprint density at radius 2 is 2.09 bits per heavy atom. The number of hydrogen-bond donors (Lipinski definition) is 0. The number of nitrogens with zero attached hydrogens (tertiary/aromatic N) is 4. The van der Waals surface area contributed by atoms with Crippen LogP contribution in [0.2, 0.25) is 0 Å². The lowest BCUT2D eigenvalue weighted by Crippen LogP contribution is -2.16. The first kappa shape index (κ1) is 13.1. The molecule has 1 aliphatic heterocycles. The van der Waals surface area contributed by atoms with Gasteiger partial charge in [0.25, 0.3) is 0 Å². The van der Waals surface area contributed by atoms with Gasteiger partial charge in [-0.1, -0.05) is 13.0 Å². The number of aromatic nitrogens is 4. The maximum atomic E-state index is 14.8. The van der Waals surface area contributed by atoms with Gasteiger partial charge in [0, 0.05) is 30.8 Å². The van der Waals surface area contributed by atoms with Gasteiger partial charge in [-0.3, -0.25) is 9.55 Å². The minimum Gasteiger partial charge on any atom is -0.280 e. The van der Waals surface area contributed by atoms with Crippen molar-refractivity contribution in [3.05, 3.63) is 59.7 Å². The minimum absolute atomic E-state index is 0.230. The first-order valence-corrected chi connectivity index (χ1v) is 7.44. The van der Waals surface area contributed by atoms with E-state index in [2.05, 4.69) is 21.2 Å². The van der Waals surface area contributed by atoms with Gasteiger partial charge in [0.15, 0.2) is 0 Å². The fourth-order valence-corrected chi connectivity index (χ4v) is 3.05. The summed E-state index contributed by atoms with van der Waals surface area (Å²) in [6.45, 7) is 2.01. The Kier molecular flexibility index (Phi) is 2.99. The Labute approximate surface area is 127 Å². The summed E-state index contributed by atoms with van der Waals surface area (Å²) in [4.78, 5) is 4.11. The molecule has 4 rings (SSSR count). The van der Waals surface area contributed by atoms with Crippen molar-refractivity contribution in [1.82, 2.24) is 19.7 Å². The van der Waals surface area contributed by atoms with E-state index in [1.54, 1.807) is 18.5 Å². The van der Waals surface area contributed by atoms with Gasteiger partial charge in [-0.15, -0.1) is 10.2 Å². The van der Waals surface area contributed by atoms with Crippen LogP contribution in [-0.4, -0.2) is 19.7 Å². The van der Waals surface area contributed by atoms with Gasteiger partial charge in [0.05, 0.1) is 5.69 Å². The van der Waals surface area contributed by atoms with Crippen LogP contribution in [0.3, 0.4) is 0 Å². The van der Waals surface area contributed by atoms with Crippen molar-refractivity contribution in [2.45, 2.75) is 26.2 Å². The Bertz CT molecular complexity index is 826. The van der Waals surface area contributed by atoms with Gasteiger partial charge in [0.1, 0.15) is 17.5 Å². The monoisotopic (exact) mass is 294 g/mol. The number of benzene rings is 1. The minimum atomic E-state index is -0.230. The molecule has 0 spiro atoms. The van der Waals surface area contributed by atoms with Crippen molar-refractivity contribution >= 4 is 0 Å². The van der Waals surface area contributed by atoms with Crippen molar-refractivity contribution in [2.75, 3.05) is 0 Å². The molecule has 3 aromatic rings. The van der Waals surface area contributed by atoms with Crippen molar-refractivity contribution in [3.63, 3.8) is 0 Å². The molecule has 2 aromatic heterocycles. The lowest BCUT2D eigenvalue weighted by molar-refractivity contribution is 0.600. The van der Waals surface area contributed by atoms with E-state index in [0.717, 1.165) is 47.6 Å². The molecule has 3 heterocycles. The van der Waals surface area contributed by atoms with Gasteiger partial charge in [-0.2, -0.15) is 0 Å². The van der Waals surface area contributed by atoms with Gasteiger partial charge in [-0.25, -0.2) is 4.39 Å². The summed E-state index contributed by atoms with van der Waals surface area (Å²) in [5, 5.41) is 8.36. The molecule has 110 valence electrons. The summed E-state index contributed by atoms with van der Waals surface area (Å²) in [5.74, 6) is 1.42. The summed E-state index contributed by atoms with van der Waals surface area (Å²) >= 11 is 0. The number of pyridine rings is 1. The van der Waals surface area contributed by atoms with Crippen LogP contribution >= 0.6 is 0 Å². The standard InChI is InChI=1S/C17H15FN4/c1-2-15-20-21-16-6-5-11-8-13(12-4-3-7-19-10-12)9-14(18)17(11)22(15)16/h3-4,7-10H,2,5-6H2,1H3. The van der Waals surface area contributed by atoms with Crippen LogP contribution in [-0.2, 0) is 19.3 Å². The second-order valence-corrected chi connectivity index (χ2v) is 5.43. The molecule has 0 bridgehead atoms. The molecular formula is C17H15FN4. The third-order valence-corrected chi connectivity index (χ3v) is 4.09. The number of hydrogen-bond acceptors (Lipinski definition) is 3. The molecule has 0 saturated heterocycles. The molecule has 0 N–H and O–H groups in total. The van der Waals surface area contributed by atoms with Crippen LogP contribution in [0.4, 0.5) is 4.39 Å². The van der Waals surface area contributed by atoms with Crippen LogP contribution in [0, 0.1) is 5.82 Å². The molecular weight excluding hydrogens is 279 g/mol. The molecule has 0 fully saturated rings. The summed E-state index contributed by atoms with van der Waals surface area (Å²) in [5.41, 5.74) is 3.39. The summed E-state index contributed by atoms with van der Waals surface area (Å²) in [6.07, 6.45) is 5.77. The second kappa shape index (κ2) is 5.02. The Hall–Kier alpha value is -2.56. The lowest BCUT2D eigenvalue weighted by Gasteiger charge is -2.21. The fourth-order valence-electron chi connectivity index (χ4n) is 3.05. The van der Waals surface area contributed by atoms with Crippen LogP contribution in [0.15, 0.2) is 36.7 Å². The zero-order valence-corrected chi connectivity index (χ0v) is 12.3. The maximum absolute atomic E-state index is 14.8. The second-order valence-electron chi connectivity index (χ2n) is 5.43. The topological polar surface area (TPSA) is 43.6 Å². The Morgan fingerprint density at radius 3 is 2.86 bits per heavy atom. The predicted octanol–water partition coefficient (Wildman–Crippen LogP) is 3.13. The molecule has 0 atom stereocenters. The number of aryl methyl sites for hydroxylation is 3. The highest BCUT2D eigenvalue weighted by Crippen LogP contribution is 2.32. The largest absolute Gasteiger partial charge is 0.280 e. The first-order chi connectivity index (χ1) is 10.8. The predicted molar refractivity (Wildman–Crippen MR) is 81.3 cm³/mol. The quantitative estimate of drug-likeness (QED) is 0.729. The average Bonchev–Trinajstić information content (AvgIpc) is 2.98. The molecule has 1 aliphatic rings. The van der Waals surface area contributed by atoms with Gasteiger partial charge in [-0.05, 0) is 35.7 Å². The normalized spacial score (nSPS) is 12.8. The molecule has 0 saturated carbocycles. The summed E-state index contributed by atoms with van der Waals surface area (Å²) in [7, 11) is 0. The van der Waals surface area contributed by atoms with Crippen molar-refractivity contribution in [1.29, 1.82) is 0 Å². The molecule has 0 radical (unpaired) electrons. The van der Waals surface area contributed by atoms with E-state index in [1.807, 2.05) is 23.6 Å². The van der Waals surface area contributed by atoms with Gasteiger partial charge >= 0.3 is 0 Å². The van der Waals surface area contributed by atoms with Crippen LogP contribution in [0.25, 0.3) is 16.8 Å². The number of halogens is 1. The highest BCUT2D eigenvalue weighted by molar-refractivity contribution is 5.66. The molecule has 0 unspecified atom stereocenters. The van der Waals surface area contributed by atoms with Crippen LogP contribution in [0.1, 0.15) is 24.1 Å². The molecule has 0 amide bonds.